The van der Waals surface area contributed by atoms with Gasteiger partial charge in [0.25, 0.3) is 15.7 Å². The van der Waals surface area contributed by atoms with E-state index in [9.17, 15) is 28.1 Å². The Morgan fingerprint density at radius 3 is 2.13 bits per heavy atom. The molecule has 246 valence electrons. The van der Waals surface area contributed by atoms with Crippen molar-refractivity contribution in [3.8, 4) is 0 Å². The van der Waals surface area contributed by atoms with Crippen molar-refractivity contribution < 1.29 is 22.9 Å². The van der Waals surface area contributed by atoms with E-state index >= 15 is 0 Å². The molecule has 0 heterocycles. The van der Waals surface area contributed by atoms with Crippen LogP contribution in [0.3, 0.4) is 0 Å². The zero-order valence-corrected chi connectivity index (χ0v) is 27.9. The lowest BCUT2D eigenvalue weighted by molar-refractivity contribution is -0.384. The largest absolute Gasteiger partial charge is 0.354 e. The van der Waals surface area contributed by atoms with Crippen molar-refractivity contribution in [2.75, 3.05) is 17.4 Å². The third-order valence-electron chi connectivity index (χ3n) is 7.43. The first-order chi connectivity index (χ1) is 22.5. The minimum Gasteiger partial charge on any atom is -0.354 e. The Morgan fingerprint density at radius 1 is 0.894 bits per heavy atom. The molecule has 1 N–H and O–H groups in total. The molecule has 0 unspecified atom stereocenters. The van der Waals surface area contributed by atoms with E-state index in [2.05, 4.69) is 5.32 Å². The zero-order chi connectivity index (χ0) is 34.0. The minimum atomic E-state index is -4.43. The molecule has 0 saturated carbocycles. The summed E-state index contributed by atoms with van der Waals surface area (Å²) in [6.45, 7) is 1.36. The lowest BCUT2D eigenvalue weighted by Crippen LogP contribution is -2.53. The Kier molecular flexibility index (Phi) is 12.4. The van der Waals surface area contributed by atoms with Crippen LogP contribution in [-0.4, -0.2) is 49.2 Å². The number of nitro benzene ring substituents is 1. The first-order valence-corrected chi connectivity index (χ1v) is 17.1. The van der Waals surface area contributed by atoms with Gasteiger partial charge >= 0.3 is 0 Å². The van der Waals surface area contributed by atoms with E-state index in [0.29, 0.717) is 18.5 Å². The van der Waals surface area contributed by atoms with Crippen molar-refractivity contribution in [3.63, 3.8) is 0 Å². The smallest absolute Gasteiger partial charge is 0.271 e. The van der Waals surface area contributed by atoms with E-state index in [0.717, 1.165) is 22.4 Å². The Bertz CT molecular complexity index is 1790. The third kappa shape index (κ3) is 9.09. The molecule has 0 fully saturated rings. The number of anilines is 1. The fourth-order valence-electron chi connectivity index (χ4n) is 4.92. The van der Waals surface area contributed by atoms with Crippen molar-refractivity contribution in [3.05, 3.63) is 134 Å². The summed E-state index contributed by atoms with van der Waals surface area (Å²) in [4.78, 5) is 40.5. The zero-order valence-electron chi connectivity index (χ0n) is 25.6. The predicted molar refractivity (Wildman–Crippen MR) is 183 cm³/mol. The van der Waals surface area contributed by atoms with Gasteiger partial charge in [0, 0.05) is 47.3 Å². The van der Waals surface area contributed by atoms with Crippen molar-refractivity contribution in [2.24, 2.45) is 0 Å². The maximum Gasteiger partial charge on any atom is 0.271 e. The summed E-state index contributed by atoms with van der Waals surface area (Å²) in [7, 11) is -4.43. The van der Waals surface area contributed by atoms with Crippen molar-refractivity contribution in [1.29, 1.82) is 0 Å². The third-order valence-corrected chi connectivity index (χ3v) is 9.93. The van der Waals surface area contributed by atoms with Gasteiger partial charge in [0.2, 0.25) is 11.8 Å². The average molecular weight is 698 g/mol. The first kappa shape index (κ1) is 35.4. The van der Waals surface area contributed by atoms with Crippen LogP contribution >= 0.6 is 23.2 Å². The molecule has 4 aromatic carbocycles. The second-order valence-electron chi connectivity index (χ2n) is 10.7. The number of hydrogen-bond acceptors (Lipinski definition) is 6. The Morgan fingerprint density at radius 2 is 1.51 bits per heavy atom. The Hall–Kier alpha value is -4.45. The van der Waals surface area contributed by atoms with E-state index < -0.39 is 39.3 Å². The molecule has 4 rings (SSSR count). The SMILES string of the molecule is CCCCNC(=O)[C@H](Cc1ccccc1)N(Cc1c(Cl)cccc1Cl)C(=O)CN(c1cccc([N+](=O)[O-])c1)S(=O)(=O)c1ccccc1. The molecule has 4 aromatic rings. The number of unbranched alkanes of at least 4 members (excludes halogenated alkanes) is 1. The van der Waals surface area contributed by atoms with Crippen LogP contribution in [0.25, 0.3) is 0 Å². The molecule has 0 bridgehead atoms. The van der Waals surface area contributed by atoms with Crippen LogP contribution < -0.4 is 9.62 Å². The number of rotatable bonds is 15. The second-order valence-corrected chi connectivity index (χ2v) is 13.4. The summed E-state index contributed by atoms with van der Waals surface area (Å²) in [6.07, 6.45) is 1.65. The predicted octanol–water partition coefficient (Wildman–Crippen LogP) is 6.65. The van der Waals surface area contributed by atoms with Gasteiger partial charge in [0.15, 0.2) is 0 Å². The van der Waals surface area contributed by atoms with Crippen molar-refractivity contribution in [1.82, 2.24) is 10.2 Å². The molecule has 0 aliphatic carbocycles. The van der Waals surface area contributed by atoms with E-state index in [1.54, 1.807) is 24.3 Å². The summed E-state index contributed by atoms with van der Waals surface area (Å²) >= 11 is 13.1. The number of carbonyl (C=O) groups is 2. The maximum absolute atomic E-state index is 14.5. The molecule has 10 nitrogen and oxygen atoms in total. The number of non-ortho nitro benzene ring substituents is 1. The highest BCUT2D eigenvalue weighted by Crippen LogP contribution is 2.30. The van der Waals surface area contributed by atoms with Crippen LogP contribution in [0.5, 0.6) is 0 Å². The highest BCUT2D eigenvalue weighted by Gasteiger charge is 2.35. The molecule has 13 heteroatoms. The van der Waals surface area contributed by atoms with Crippen LogP contribution in [0.4, 0.5) is 11.4 Å². The number of amides is 2. The topological polar surface area (TPSA) is 130 Å². The number of nitro groups is 1. The lowest BCUT2D eigenvalue weighted by Gasteiger charge is -2.34. The molecule has 0 spiro atoms. The number of halogens is 2. The first-order valence-electron chi connectivity index (χ1n) is 14.9. The summed E-state index contributed by atoms with van der Waals surface area (Å²) in [5.74, 6) is -1.19. The summed E-state index contributed by atoms with van der Waals surface area (Å²) in [5.41, 5.74) is 0.675. The van der Waals surface area contributed by atoms with E-state index in [1.807, 2.05) is 37.3 Å². The number of carbonyl (C=O) groups excluding carboxylic acids is 2. The Labute approximate surface area is 284 Å². The molecule has 47 heavy (non-hydrogen) atoms. The fraction of sp³-hybridized carbons (Fsp3) is 0.235. The summed E-state index contributed by atoms with van der Waals surface area (Å²) in [6, 6.07) is 25.3. The number of sulfonamides is 1. The van der Waals surface area contributed by atoms with Gasteiger partial charge in [-0.2, -0.15) is 0 Å². The number of nitrogens with one attached hydrogen (secondary N) is 1. The van der Waals surface area contributed by atoms with Gasteiger partial charge in [0.05, 0.1) is 15.5 Å². The molecular weight excluding hydrogens is 663 g/mol. The van der Waals surface area contributed by atoms with Gasteiger partial charge < -0.3 is 10.2 Å². The molecular formula is C34H34Cl2N4O6S. The molecule has 2 amide bonds. The molecule has 0 radical (unpaired) electrons. The summed E-state index contributed by atoms with van der Waals surface area (Å²) in [5, 5.41) is 15.1. The molecule has 1 atom stereocenters. The molecule has 0 aliphatic heterocycles. The van der Waals surface area contributed by atoms with Gasteiger partial charge in [-0.05, 0) is 42.3 Å². The van der Waals surface area contributed by atoms with Crippen LogP contribution in [0.1, 0.15) is 30.9 Å². The normalized spacial score (nSPS) is 11.8. The van der Waals surface area contributed by atoms with E-state index in [1.165, 1.54) is 47.4 Å². The molecule has 0 aliphatic rings. The molecule has 0 aromatic heterocycles. The monoisotopic (exact) mass is 696 g/mol. The highest BCUT2D eigenvalue weighted by atomic mass is 35.5. The minimum absolute atomic E-state index is 0.0980. The van der Waals surface area contributed by atoms with E-state index in [-0.39, 0.29) is 39.3 Å². The Balaban J connectivity index is 1.84. The van der Waals surface area contributed by atoms with Crippen LogP contribution in [0.15, 0.2) is 108 Å². The van der Waals surface area contributed by atoms with Gasteiger partial charge in [-0.1, -0.05) is 97.2 Å². The summed E-state index contributed by atoms with van der Waals surface area (Å²) < 4.78 is 29.0. The van der Waals surface area contributed by atoms with Gasteiger partial charge in [-0.15, -0.1) is 0 Å². The quantitative estimate of drug-likeness (QED) is 0.0841. The standard InChI is InChI=1S/C34H34Cl2N4O6S/c1-2-3-20-37-34(42)32(21-25-12-6-4-7-13-25)38(23-29-30(35)18-11-19-31(29)36)33(41)24-39(26-14-10-15-27(22-26)40(43)44)47(45,46)28-16-8-5-9-17-28/h4-19,22,32H,2-3,20-21,23-24H2,1H3,(H,37,42)/t32-/m0/s1. The second kappa shape index (κ2) is 16.4. The fourth-order valence-corrected chi connectivity index (χ4v) is 6.87. The van der Waals surface area contributed by atoms with Crippen LogP contribution in [-0.2, 0) is 32.6 Å². The van der Waals surface area contributed by atoms with E-state index in [4.69, 9.17) is 23.2 Å². The van der Waals surface area contributed by atoms with Gasteiger partial charge in [0.1, 0.15) is 12.6 Å². The number of nitrogens with zero attached hydrogens (tertiary/aromatic N) is 3. The highest BCUT2D eigenvalue weighted by molar-refractivity contribution is 7.92. The maximum atomic E-state index is 14.5. The van der Waals surface area contributed by atoms with Crippen LogP contribution in [0, 0.1) is 10.1 Å². The van der Waals surface area contributed by atoms with Crippen molar-refractivity contribution in [2.45, 2.75) is 43.7 Å². The average Bonchev–Trinajstić information content (AvgIpc) is 3.07. The molecule has 0 saturated heterocycles. The van der Waals surface area contributed by atoms with Gasteiger partial charge in [-0.25, -0.2) is 8.42 Å². The lowest BCUT2D eigenvalue weighted by atomic mass is 10.0. The van der Waals surface area contributed by atoms with Crippen LogP contribution in [0.2, 0.25) is 10.0 Å². The van der Waals surface area contributed by atoms with Gasteiger partial charge in [-0.3, -0.25) is 24.0 Å². The van der Waals surface area contributed by atoms with Crippen molar-refractivity contribution >= 4 is 56.4 Å². The number of hydrogen-bond donors (Lipinski definition) is 1. The number of benzene rings is 4.